The van der Waals surface area contributed by atoms with Gasteiger partial charge in [0, 0.05) is 24.8 Å². The zero-order valence-corrected chi connectivity index (χ0v) is 7.06. The maximum atomic E-state index is 5.51. The van der Waals surface area contributed by atoms with Gasteiger partial charge in [0.2, 0.25) is 0 Å². The number of nitrogens with one attached hydrogen (secondary N) is 2. The molecule has 1 rings (SSSR count). The summed E-state index contributed by atoms with van der Waals surface area (Å²) in [6, 6.07) is 0. The number of hydrogen-bond acceptors (Lipinski definition) is 2. The smallest absolute Gasteiger partial charge is 0.200 e. The van der Waals surface area contributed by atoms with Gasteiger partial charge in [-0.2, -0.15) is 0 Å². The zero-order chi connectivity index (χ0) is 7.94. The van der Waals surface area contributed by atoms with E-state index in [-0.39, 0.29) is 0 Å². The van der Waals surface area contributed by atoms with Crippen molar-refractivity contribution in [3.63, 3.8) is 0 Å². The van der Waals surface area contributed by atoms with Gasteiger partial charge in [-0.15, -0.1) is 11.6 Å². The Labute approximate surface area is 71.2 Å². The average Bonchev–Trinajstić information content (AvgIpc) is 2.50. The number of halogens is 1. The monoisotopic (exact) mass is 173 g/mol. The van der Waals surface area contributed by atoms with E-state index in [0.717, 1.165) is 31.2 Å². The van der Waals surface area contributed by atoms with Gasteiger partial charge in [0.25, 0.3) is 0 Å². The number of imidazole rings is 1. The lowest BCUT2D eigenvalue weighted by Gasteiger charge is -1.99. The lowest BCUT2D eigenvalue weighted by atomic mass is 10.3. The first kappa shape index (κ1) is 8.40. The molecule has 1 heterocycles. The van der Waals surface area contributed by atoms with Crippen LogP contribution in [0, 0.1) is 0 Å². The largest absolute Gasteiger partial charge is 0.356 e. The van der Waals surface area contributed by atoms with Crippen LogP contribution in [0.3, 0.4) is 0 Å². The zero-order valence-electron chi connectivity index (χ0n) is 6.31. The first-order valence-corrected chi connectivity index (χ1v) is 4.26. The molecule has 3 nitrogen and oxygen atoms in total. The fourth-order valence-electron chi connectivity index (χ4n) is 0.788. The highest BCUT2D eigenvalue weighted by Gasteiger charge is 1.90. The Kier molecular flexibility index (Phi) is 3.83. The highest BCUT2D eigenvalue weighted by molar-refractivity contribution is 6.17. The van der Waals surface area contributed by atoms with Gasteiger partial charge in [-0.25, -0.2) is 4.98 Å². The predicted molar refractivity (Wildman–Crippen MR) is 47.0 cm³/mol. The highest BCUT2D eigenvalue weighted by Crippen LogP contribution is 1.96. The SMILES string of the molecule is ClCCCCNc1ncc[nH]1. The third kappa shape index (κ3) is 3.28. The van der Waals surface area contributed by atoms with E-state index >= 15 is 0 Å². The van der Waals surface area contributed by atoms with E-state index in [1.54, 1.807) is 12.4 Å². The first-order valence-electron chi connectivity index (χ1n) is 3.72. The summed E-state index contributed by atoms with van der Waals surface area (Å²) >= 11 is 5.51. The summed E-state index contributed by atoms with van der Waals surface area (Å²) in [6.07, 6.45) is 5.66. The predicted octanol–water partition coefficient (Wildman–Crippen LogP) is 1.84. The molecular weight excluding hydrogens is 162 g/mol. The number of hydrogen-bond donors (Lipinski definition) is 2. The Balaban J connectivity index is 2.04. The summed E-state index contributed by atoms with van der Waals surface area (Å²) < 4.78 is 0. The molecule has 11 heavy (non-hydrogen) atoms. The second-order valence-corrected chi connectivity index (χ2v) is 2.64. The molecule has 0 aliphatic rings. The average molecular weight is 174 g/mol. The molecule has 2 N–H and O–H groups in total. The van der Waals surface area contributed by atoms with Crippen molar-refractivity contribution in [1.29, 1.82) is 0 Å². The molecule has 1 aromatic rings. The van der Waals surface area contributed by atoms with Crippen molar-refractivity contribution < 1.29 is 0 Å². The van der Waals surface area contributed by atoms with Crippen LogP contribution in [-0.2, 0) is 0 Å². The molecule has 0 bridgehead atoms. The van der Waals surface area contributed by atoms with Crippen molar-refractivity contribution in [2.24, 2.45) is 0 Å². The van der Waals surface area contributed by atoms with Gasteiger partial charge in [-0.1, -0.05) is 0 Å². The topological polar surface area (TPSA) is 40.7 Å². The van der Waals surface area contributed by atoms with E-state index in [4.69, 9.17) is 11.6 Å². The second kappa shape index (κ2) is 5.02. The van der Waals surface area contributed by atoms with Crippen LogP contribution in [0.25, 0.3) is 0 Å². The third-order valence-electron chi connectivity index (χ3n) is 1.35. The Hall–Kier alpha value is -0.700. The lowest BCUT2D eigenvalue weighted by molar-refractivity contribution is 0.833. The van der Waals surface area contributed by atoms with Crippen molar-refractivity contribution in [1.82, 2.24) is 9.97 Å². The molecule has 0 aromatic carbocycles. The van der Waals surface area contributed by atoms with Crippen LogP contribution in [0.15, 0.2) is 12.4 Å². The van der Waals surface area contributed by atoms with Crippen molar-refractivity contribution >= 4 is 17.5 Å². The second-order valence-electron chi connectivity index (χ2n) is 2.26. The third-order valence-corrected chi connectivity index (χ3v) is 1.62. The fraction of sp³-hybridized carbons (Fsp3) is 0.571. The molecule has 0 saturated carbocycles. The lowest BCUT2D eigenvalue weighted by Crippen LogP contribution is -2.02. The Morgan fingerprint density at radius 3 is 3.09 bits per heavy atom. The molecule has 0 amide bonds. The van der Waals surface area contributed by atoms with Gasteiger partial charge in [0.1, 0.15) is 0 Å². The number of unbranched alkanes of at least 4 members (excludes halogenated alkanes) is 1. The van der Waals surface area contributed by atoms with Gasteiger partial charge in [0.15, 0.2) is 5.95 Å². The number of nitrogens with zero attached hydrogens (tertiary/aromatic N) is 1. The summed E-state index contributed by atoms with van der Waals surface area (Å²) in [4.78, 5) is 6.97. The summed E-state index contributed by atoms with van der Waals surface area (Å²) in [7, 11) is 0. The first-order chi connectivity index (χ1) is 5.43. The molecule has 4 heteroatoms. The molecule has 0 fully saturated rings. The molecule has 0 atom stereocenters. The number of rotatable bonds is 5. The van der Waals surface area contributed by atoms with Crippen LogP contribution in [-0.4, -0.2) is 22.4 Å². The van der Waals surface area contributed by atoms with E-state index in [1.807, 2.05) is 0 Å². The van der Waals surface area contributed by atoms with Gasteiger partial charge in [-0.3, -0.25) is 0 Å². The van der Waals surface area contributed by atoms with Crippen LogP contribution < -0.4 is 5.32 Å². The van der Waals surface area contributed by atoms with Crippen molar-refractivity contribution in [3.8, 4) is 0 Å². The molecule has 0 radical (unpaired) electrons. The number of aromatic amines is 1. The summed E-state index contributed by atoms with van der Waals surface area (Å²) in [5.41, 5.74) is 0. The molecule has 0 saturated heterocycles. The fourth-order valence-corrected chi connectivity index (χ4v) is 0.977. The maximum absolute atomic E-state index is 5.51. The quantitative estimate of drug-likeness (QED) is 0.527. The Morgan fingerprint density at radius 2 is 2.45 bits per heavy atom. The van der Waals surface area contributed by atoms with Gasteiger partial charge in [0.05, 0.1) is 0 Å². The van der Waals surface area contributed by atoms with E-state index in [1.165, 1.54) is 0 Å². The molecule has 62 valence electrons. The molecular formula is C7H12ClN3. The Bertz CT molecular complexity index is 174. The maximum Gasteiger partial charge on any atom is 0.200 e. The molecule has 1 aromatic heterocycles. The number of anilines is 1. The minimum absolute atomic E-state index is 0.736. The molecule has 0 aliphatic heterocycles. The number of aromatic nitrogens is 2. The van der Waals surface area contributed by atoms with Crippen LogP contribution in [0.1, 0.15) is 12.8 Å². The number of H-pyrrole nitrogens is 1. The minimum Gasteiger partial charge on any atom is -0.356 e. The van der Waals surface area contributed by atoms with Crippen LogP contribution in [0.5, 0.6) is 0 Å². The van der Waals surface area contributed by atoms with E-state index in [2.05, 4.69) is 15.3 Å². The van der Waals surface area contributed by atoms with Gasteiger partial charge in [-0.05, 0) is 12.8 Å². The highest BCUT2D eigenvalue weighted by atomic mass is 35.5. The van der Waals surface area contributed by atoms with E-state index in [0.29, 0.717) is 0 Å². The summed E-state index contributed by atoms with van der Waals surface area (Å²) in [5, 5.41) is 3.13. The van der Waals surface area contributed by atoms with Crippen LogP contribution >= 0.6 is 11.6 Å². The standard InChI is InChI=1S/C7H12ClN3/c8-3-1-2-4-9-7-10-5-6-11-7/h5-6H,1-4H2,(H2,9,10,11). The van der Waals surface area contributed by atoms with Crippen LogP contribution in [0.4, 0.5) is 5.95 Å². The van der Waals surface area contributed by atoms with Crippen molar-refractivity contribution in [3.05, 3.63) is 12.4 Å². The molecule has 0 spiro atoms. The molecule has 0 unspecified atom stereocenters. The van der Waals surface area contributed by atoms with E-state index < -0.39 is 0 Å². The van der Waals surface area contributed by atoms with E-state index in [9.17, 15) is 0 Å². The van der Waals surface area contributed by atoms with Crippen molar-refractivity contribution in [2.75, 3.05) is 17.7 Å². The van der Waals surface area contributed by atoms with Crippen LogP contribution in [0.2, 0.25) is 0 Å². The van der Waals surface area contributed by atoms with Gasteiger partial charge < -0.3 is 10.3 Å². The molecule has 0 aliphatic carbocycles. The summed E-state index contributed by atoms with van der Waals surface area (Å²) in [5.74, 6) is 1.57. The minimum atomic E-state index is 0.736. The number of alkyl halides is 1. The Morgan fingerprint density at radius 1 is 1.55 bits per heavy atom. The van der Waals surface area contributed by atoms with Gasteiger partial charge >= 0.3 is 0 Å². The normalized spacial score (nSPS) is 9.91. The summed E-state index contributed by atoms with van der Waals surface area (Å²) in [6.45, 7) is 0.931. The van der Waals surface area contributed by atoms with Crippen molar-refractivity contribution in [2.45, 2.75) is 12.8 Å².